The van der Waals surface area contributed by atoms with Crippen LogP contribution in [0.1, 0.15) is 49.9 Å². The molecule has 2 heterocycles. The number of hydrogen-bond donors (Lipinski definition) is 2. The van der Waals surface area contributed by atoms with E-state index in [1.165, 1.54) is 0 Å². The fourth-order valence-electron chi connectivity index (χ4n) is 4.93. The summed E-state index contributed by atoms with van der Waals surface area (Å²) in [4.78, 5) is 28.2. The molecule has 14 heteroatoms. The topological polar surface area (TPSA) is 145 Å². The van der Waals surface area contributed by atoms with Crippen LogP contribution in [0.5, 0.6) is 34.5 Å². The Labute approximate surface area is 269 Å². The second kappa shape index (κ2) is 15.4. The maximum Gasteiger partial charge on any atom is 0.317 e. The molecule has 2 aromatic rings. The van der Waals surface area contributed by atoms with E-state index in [4.69, 9.17) is 28.4 Å². The molecule has 4 rings (SSSR count). The number of methoxy groups -OCH3 is 2. The number of rotatable bonds is 13. The van der Waals surface area contributed by atoms with Crippen molar-refractivity contribution in [1.29, 1.82) is 0 Å². The molecule has 0 aromatic heterocycles. The van der Waals surface area contributed by atoms with Crippen LogP contribution >= 0.6 is 0 Å². The Morgan fingerprint density at radius 2 is 1.15 bits per heavy atom. The maximum absolute atomic E-state index is 12.5. The summed E-state index contributed by atoms with van der Waals surface area (Å²) in [6.45, 7) is 8.67. The highest BCUT2D eigenvalue weighted by atomic mass is 16.7. The lowest BCUT2D eigenvalue weighted by atomic mass is 10.0. The number of amides is 4. The number of ether oxygens (including phenoxy) is 6. The third kappa shape index (κ3) is 8.03. The molecule has 0 saturated heterocycles. The number of benzene rings is 2. The minimum Gasteiger partial charge on any atom is -0.492 e. The van der Waals surface area contributed by atoms with E-state index in [9.17, 15) is 9.59 Å². The van der Waals surface area contributed by atoms with E-state index < -0.39 is 0 Å². The highest BCUT2D eigenvalue weighted by molar-refractivity contribution is 5.91. The first-order valence-electron chi connectivity index (χ1n) is 15.1. The van der Waals surface area contributed by atoms with Gasteiger partial charge in [0, 0.05) is 50.4 Å². The second-order valence-electron chi connectivity index (χ2n) is 11.5. The van der Waals surface area contributed by atoms with Gasteiger partial charge in [0.25, 0.3) is 0 Å². The summed E-state index contributed by atoms with van der Waals surface area (Å²) in [7, 11) is 6.58. The fourth-order valence-corrected chi connectivity index (χ4v) is 4.93. The molecule has 14 nitrogen and oxygen atoms in total. The van der Waals surface area contributed by atoms with Crippen LogP contribution < -0.4 is 39.1 Å². The SMILES string of the molecule is COc1c(/C=N\N=C/c2c(CCN(C)C(=O)NC(C)C)cc3c(c2OC)OCO3)c(CCN(C)C(=O)NC(C)C)cc2c1OCO2. The van der Waals surface area contributed by atoms with Crippen LogP contribution in [-0.4, -0.2) is 101 Å². The van der Waals surface area contributed by atoms with Gasteiger partial charge in [-0.05, 0) is 63.8 Å². The quantitative estimate of drug-likeness (QED) is 0.249. The molecule has 0 saturated carbocycles. The predicted octanol–water partition coefficient (Wildman–Crippen LogP) is 3.80. The first kappa shape index (κ1) is 34.0. The van der Waals surface area contributed by atoms with Gasteiger partial charge in [-0.15, -0.1) is 0 Å². The third-order valence-corrected chi connectivity index (χ3v) is 7.29. The Hall–Kier alpha value is -4.88. The van der Waals surface area contributed by atoms with Crippen molar-refractivity contribution in [3.05, 3.63) is 34.4 Å². The van der Waals surface area contributed by atoms with Crippen molar-refractivity contribution in [3.8, 4) is 34.5 Å². The molecule has 0 unspecified atom stereocenters. The van der Waals surface area contributed by atoms with Gasteiger partial charge < -0.3 is 48.9 Å². The Morgan fingerprint density at radius 3 is 1.50 bits per heavy atom. The summed E-state index contributed by atoms with van der Waals surface area (Å²) in [6, 6.07) is 3.46. The van der Waals surface area contributed by atoms with E-state index in [1.54, 1.807) is 50.5 Å². The molecule has 0 spiro atoms. The molecule has 0 aliphatic carbocycles. The van der Waals surface area contributed by atoms with Crippen LogP contribution in [0.4, 0.5) is 9.59 Å². The maximum atomic E-state index is 12.5. The number of hydrogen-bond acceptors (Lipinski definition) is 10. The zero-order valence-corrected chi connectivity index (χ0v) is 27.8. The van der Waals surface area contributed by atoms with Gasteiger partial charge in [0.05, 0.1) is 26.6 Å². The molecule has 4 amide bonds. The number of carbonyl (C=O) groups excluding carboxylic acids is 2. The summed E-state index contributed by atoms with van der Waals surface area (Å²) in [5.41, 5.74) is 2.98. The molecule has 0 atom stereocenters. The molecule has 2 N–H and O–H groups in total. The summed E-state index contributed by atoms with van der Waals surface area (Å²) >= 11 is 0. The van der Waals surface area contributed by atoms with Crippen molar-refractivity contribution < 1.29 is 38.0 Å². The number of carbonyl (C=O) groups is 2. The van der Waals surface area contributed by atoms with E-state index in [0.717, 1.165) is 11.1 Å². The van der Waals surface area contributed by atoms with Gasteiger partial charge in [0.1, 0.15) is 0 Å². The highest BCUT2D eigenvalue weighted by Gasteiger charge is 2.26. The van der Waals surface area contributed by atoms with E-state index in [2.05, 4.69) is 20.8 Å². The van der Waals surface area contributed by atoms with Crippen LogP contribution in [0.2, 0.25) is 0 Å². The van der Waals surface area contributed by atoms with Crippen molar-refractivity contribution in [2.24, 2.45) is 10.2 Å². The lowest BCUT2D eigenvalue weighted by Gasteiger charge is -2.21. The minimum absolute atomic E-state index is 0.0235. The number of likely N-dealkylation sites (N-methyl/N-ethyl adjacent to an activating group) is 2. The van der Waals surface area contributed by atoms with Gasteiger partial charge in [-0.1, -0.05) is 0 Å². The second-order valence-corrected chi connectivity index (χ2v) is 11.5. The van der Waals surface area contributed by atoms with Gasteiger partial charge in [0.15, 0.2) is 23.0 Å². The molecular weight excluding hydrogens is 596 g/mol. The summed E-state index contributed by atoms with van der Waals surface area (Å²) in [5, 5.41) is 14.5. The van der Waals surface area contributed by atoms with Gasteiger partial charge >= 0.3 is 12.1 Å². The lowest BCUT2D eigenvalue weighted by molar-refractivity contribution is 0.171. The van der Waals surface area contributed by atoms with Crippen molar-refractivity contribution in [3.63, 3.8) is 0 Å². The minimum atomic E-state index is -0.164. The molecule has 46 heavy (non-hydrogen) atoms. The molecule has 0 fully saturated rings. The van der Waals surface area contributed by atoms with E-state index >= 15 is 0 Å². The van der Waals surface area contributed by atoms with Crippen LogP contribution in [0, 0.1) is 0 Å². The molecule has 2 aromatic carbocycles. The van der Waals surface area contributed by atoms with Crippen molar-refractivity contribution in [1.82, 2.24) is 20.4 Å². The predicted molar refractivity (Wildman–Crippen MR) is 173 cm³/mol. The van der Waals surface area contributed by atoms with Gasteiger partial charge in [-0.2, -0.15) is 10.2 Å². The van der Waals surface area contributed by atoms with Crippen molar-refractivity contribution in [2.45, 2.75) is 52.6 Å². The smallest absolute Gasteiger partial charge is 0.317 e. The van der Waals surface area contributed by atoms with Crippen LogP contribution in [-0.2, 0) is 12.8 Å². The largest absolute Gasteiger partial charge is 0.492 e. The summed E-state index contributed by atoms with van der Waals surface area (Å²) in [6.07, 6.45) is 4.17. The molecule has 2 aliphatic heterocycles. The van der Waals surface area contributed by atoms with Crippen molar-refractivity contribution in [2.75, 3.05) is 55.0 Å². The highest BCUT2D eigenvalue weighted by Crippen LogP contribution is 2.46. The monoisotopic (exact) mass is 640 g/mol. The summed E-state index contributed by atoms with van der Waals surface area (Å²) < 4.78 is 34.1. The first-order valence-corrected chi connectivity index (χ1v) is 15.1. The average Bonchev–Trinajstić information content (AvgIpc) is 3.68. The molecular formula is C32H44N6O8. The van der Waals surface area contributed by atoms with Crippen LogP contribution in [0.25, 0.3) is 0 Å². The molecule has 0 bridgehead atoms. The summed E-state index contributed by atoms with van der Waals surface area (Å²) in [5.74, 6) is 3.00. The number of fused-ring (bicyclic) bond motifs is 2. The van der Waals surface area contributed by atoms with Crippen molar-refractivity contribution >= 4 is 24.5 Å². The van der Waals surface area contributed by atoms with E-state index in [0.29, 0.717) is 71.6 Å². The Morgan fingerprint density at radius 1 is 0.761 bits per heavy atom. The third-order valence-electron chi connectivity index (χ3n) is 7.29. The zero-order valence-electron chi connectivity index (χ0n) is 27.8. The fraction of sp³-hybridized carbons (Fsp3) is 0.500. The lowest BCUT2D eigenvalue weighted by Crippen LogP contribution is -2.41. The normalized spacial score (nSPS) is 13.2. The zero-order chi connectivity index (χ0) is 33.4. The molecule has 0 radical (unpaired) electrons. The first-order chi connectivity index (χ1) is 22.0. The molecule has 2 aliphatic rings. The standard InChI is InChI=1S/C32H44N6O8/c1-19(2)35-31(39)37(5)11-9-21-13-25-29(45-17-43-25)27(41-7)23(21)15-33-34-16-24-22(10-12-38(6)32(40)36-20(3)4)14-26-30(28(24)42-8)46-18-44-26/h13-16,19-20H,9-12,17-18H2,1-8H3,(H,35,39)(H,36,40)/b33-15-,34-16-. The van der Waals surface area contributed by atoms with Gasteiger partial charge in [0.2, 0.25) is 25.1 Å². The number of nitrogens with one attached hydrogen (secondary N) is 2. The average molecular weight is 641 g/mol. The van der Waals surface area contributed by atoms with Gasteiger partial charge in [-0.25, -0.2) is 9.59 Å². The number of nitrogens with zero attached hydrogens (tertiary/aromatic N) is 4. The Kier molecular flexibility index (Phi) is 11.4. The van der Waals surface area contributed by atoms with Crippen LogP contribution in [0.3, 0.4) is 0 Å². The number of urea groups is 2. The Bertz CT molecular complexity index is 1370. The molecule has 250 valence electrons. The Balaban J connectivity index is 1.62. The van der Waals surface area contributed by atoms with E-state index in [-0.39, 0.29) is 37.7 Å². The van der Waals surface area contributed by atoms with E-state index in [1.807, 2.05) is 39.8 Å². The van der Waals surface area contributed by atoms with Crippen LogP contribution in [0.15, 0.2) is 22.3 Å². The van der Waals surface area contributed by atoms with Gasteiger partial charge in [-0.3, -0.25) is 0 Å².